The van der Waals surface area contributed by atoms with Crippen molar-refractivity contribution in [3.63, 3.8) is 0 Å². The first-order chi connectivity index (χ1) is 16.6. The van der Waals surface area contributed by atoms with Gasteiger partial charge in [0.05, 0.1) is 12.8 Å². The first kappa shape index (κ1) is 23.6. The number of tetrazole rings is 1. The molecule has 0 aliphatic heterocycles. The molecule has 2 N–H and O–H groups in total. The van der Waals surface area contributed by atoms with Crippen molar-refractivity contribution in [3.05, 3.63) is 64.5 Å². The number of amides is 2. The fraction of sp³-hybridized carbons (Fsp3) is 0.250. The maximum Gasteiger partial charge on any atom is 0.349 e. The van der Waals surface area contributed by atoms with E-state index in [1.807, 2.05) is 20.8 Å². The Morgan fingerprint density at radius 3 is 2.63 bits per heavy atom. The average Bonchev–Trinajstić information content (AvgIpc) is 3.25. The van der Waals surface area contributed by atoms with E-state index >= 15 is 0 Å². The molecule has 2 heterocycles. The summed E-state index contributed by atoms with van der Waals surface area (Å²) in [5.41, 5.74) is -0.274. The van der Waals surface area contributed by atoms with E-state index < -0.39 is 17.1 Å². The largest absolute Gasteiger partial charge is 0.493 e. The summed E-state index contributed by atoms with van der Waals surface area (Å²) in [6.45, 7) is 5.50. The van der Waals surface area contributed by atoms with Crippen molar-refractivity contribution in [2.75, 3.05) is 12.4 Å². The highest BCUT2D eigenvalue weighted by atomic mass is 16.5. The summed E-state index contributed by atoms with van der Waals surface area (Å²) in [7, 11) is 1.47. The van der Waals surface area contributed by atoms with E-state index in [4.69, 9.17) is 9.15 Å². The molecule has 2 amide bonds. The molecule has 2 aromatic carbocycles. The van der Waals surface area contributed by atoms with E-state index in [1.54, 1.807) is 42.5 Å². The van der Waals surface area contributed by atoms with Crippen LogP contribution in [0.3, 0.4) is 0 Å². The van der Waals surface area contributed by atoms with Gasteiger partial charge in [-0.25, -0.2) is 4.79 Å². The van der Waals surface area contributed by atoms with Crippen LogP contribution in [0.25, 0.3) is 22.4 Å². The first-order valence-electron chi connectivity index (χ1n) is 10.7. The lowest BCUT2D eigenvalue weighted by molar-refractivity contribution is -0.123. The second-order valence-corrected chi connectivity index (χ2v) is 8.77. The third kappa shape index (κ3) is 5.35. The molecule has 0 aliphatic carbocycles. The molecule has 35 heavy (non-hydrogen) atoms. The van der Waals surface area contributed by atoms with Gasteiger partial charge in [-0.15, -0.1) is 10.2 Å². The number of hydrogen-bond donors (Lipinski definition) is 2. The number of para-hydroxylation sites is 2. The highest BCUT2D eigenvalue weighted by Crippen LogP contribution is 2.27. The molecule has 0 fully saturated rings. The fourth-order valence-electron chi connectivity index (χ4n) is 3.42. The zero-order valence-corrected chi connectivity index (χ0v) is 19.7. The normalized spacial score (nSPS) is 11.3. The van der Waals surface area contributed by atoms with Crippen LogP contribution < -0.4 is 21.0 Å². The molecule has 0 aliphatic rings. The van der Waals surface area contributed by atoms with E-state index in [2.05, 4.69) is 26.0 Å². The minimum atomic E-state index is -0.800. The molecular weight excluding hydrogens is 452 g/mol. The smallest absolute Gasteiger partial charge is 0.349 e. The van der Waals surface area contributed by atoms with Crippen molar-refractivity contribution < 1.29 is 18.7 Å². The number of carbonyl (C=O) groups is 2. The van der Waals surface area contributed by atoms with Gasteiger partial charge in [-0.3, -0.25) is 9.59 Å². The van der Waals surface area contributed by atoms with Crippen LogP contribution in [-0.4, -0.2) is 44.7 Å². The highest BCUT2D eigenvalue weighted by molar-refractivity contribution is 6.07. The number of methoxy groups -OCH3 is 1. The van der Waals surface area contributed by atoms with E-state index in [9.17, 15) is 14.4 Å². The highest BCUT2D eigenvalue weighted by Gasteiger charge is 2.20. The molecule has 0 spiro atoms. The predicted molar refractivity (Wildman–Crippen MR) is 128 cm³/mol. The van der Waals surface area contributed by atoms with Crippen molar-refractivity contribution in [1.29, 1.82) is 0 Å². The summed E-state index contributed by atoms with van der Waals surface area (Å²) in [6, 6.07) is 13.4. The van der Waals surface area contributed by atoms with Crippen LogP contribution in [0.1, 0.15) is 31.1 Å². The standard InChI is InChI=1S/C24H24N6O5/c1-24(2,3)26-19(31)13-30-28-21(27-29-30)15-9-5-6-10-17(15)25-22(32)16-12-14-8-7-11-18(34-4)20(14)35-23(16)33/h5-12H,13H2,1-4H3,(H,25,32)(H,26,31). The number of nitrogens with one attached hydrogen (secondary N) is 2. The SMILES string of the molecule is COc1cccc2cc(C(=O)Nc3ccccc3-c3nnn(CC(=O)NC(C)(C)C)n3)c(=O)oc12. The quantitative estimate of drug-likeness (QED) is 0.405. The number of aromatic nitrogens is 4. The summed E-state index contributed by atoms with van der Waals surface area (Å²) >= 11 is 0. The molecule has 4 aromatic rings. The van der Waals surface area contributed by atoms with Crippen molar-refractivity contribution in [2.24, 2.45) is 0 Å². The van der Waals surface area contributed by atoms with Crippen molar-refractivity contribution >= 4 is 28.5 Å². The maximum atomic E-state index is 13.0. The summed E-state index contributed by atoms with van der Waals surface area (Å²) < 4.78 is 10.6. The number of hydrogen-bond acceptors (Lipinski definition) is 8. The number of nitrogens with zero attached hydrogens (tertiary/aromatic N) is 4. The summed E-state index contributed by atoms with van der Waals surface area (Å²) in [6.07, 6.45) is 0. The Labute approximate surface area is 200 Å². The first-order valence-corrected chi connectivity index (χ1v) is 10.7. The van der Waals surface area contributed by atoms with Gasteiger partial charge in [-0.1, -0.05) is 24.3 Å². The Morgan fingerprint density at radius 2 is 1.89 bits per heavy atom. The number of carbonyl (C=O) groups excluding carboxylic acids is 2. The Morgan fingerprint density at radius 1 is 1.11 bits per heavy atom. The summed E-state index contributed by atoms with van der Waals surface area (Å²) in [5.74, 6) is -0.322. The summed E-state index contributed by atoms with van der Waals surface area (Å²) in [4.78, 5) is 38.8. The molecule has 4 rings (SSSR count). The van der Waals surface area contributed by atoms with Crippen LogP contribution >= 0.6 is 0 Å². The van der Waals surface area contributed by atoms with Crippen molar-refractivity contribution in [2.45, 2.75) is 32.9 Å². The van der Waals surface area contributed by atoms with Gasteiger partial charge < -0.3 is 19.8 Å². The van der Waals surface area contributed by atoms with Crippen LogP contribution in [0.2, 0.25) is 0 Å². The lowest BCUT2D eigenvalue weighted by Crippen LogP contribution is -2.42. The molecule has 0 atom stereocenters. The second kappa shape index (κ2) is 9.37. The molecule has 0 radical (unpaired) electrons. The molecule has 11 heteroatoms. The molecule has 0 bridgehead atoms. The van der Waals surface area contributed by atoms with Crippen LogP contribution in [0.15, 0.2) is 57.7 Å². The van der Waals surface area contributed by atoms with E-state index in [0.29, 0.717) is 22.4 Å². The third-order valence-corrected chi connectivity index (χ3v) is 4.86. The minimum absolute atomic E-state index is 0.111. The van der Waals surface area contributed by atoms with Gasteiger partial charge in [0.15, 0.2) is 11.3 Å². The molecule has 180 valence electrons. The van der Waals surface area contributed by atoms with E-state index in [0.717, 1.165) is 0 Å². The average molecular weight is 476 g/mol. The maximum absolute atomic E-state index is 13.0. The predicted octanol–water partition coefficient (Wildman–Crippen LogP) is 2.62. The van der Waals surface area contributed by atoms with Gasteiger partial charge in [-0.05, 0) is 50.3 Å². The Hall–Kier alpha value is -4.54. The minimum Gasteiger partial charge on any atom is -0.493 e. The lowest BCUT2D eigenvalue weighted by atomic mass is 10.1. The van der Waals surface area contributed by atoms with Gasteiger partial charge in [0.2, 0.25) is 11.7 Å². The lowest BCUT2D eigenvalue weighted by Gasteiger charge is -2.19. The fourth-order valence-corrected chi connectivity index (χ4v) is 3.42. The molecular formula is C24H24N6O5. The molecule has 2 aromatic heterocycles. The number of rotatable bonds is 6. The monoisotopic (exact) mass is 476 g/mol. The Bertz CT molecular complexity index is 1470. The molecule has 11 nitrogen and oxygen atoms in total. The van der Waals surface area contributed by atoms with Crippen molar-refractivity contribution in [3.8, 4) is 17.1 Å². The molecule has 0 unspecified atom stereocenters. The second-order valence-electron chi connectivity index (χ2n) is 8.77. The third-order valence-electron chi connectivity index (χ3n) is 4.86. The number of fused-ring (bicyclic) bond motifs is 1. The van der Waals surface area contributed by atoms with Gasteiger partial charge in [-0.2, -0.15) is 4.80 Å². The summed E-state index contributed by atoms with van der Waals surface area (Å²) in [5, 5.41) is 18.3. The topological polar surface area (TPSA) is 141 Å². The van der Waals surface area contributed by atoms with Crippen LogP contribution in [0.4, 0.5) is 5.69 Å². The molecule has 0 saturated carbocycles. The number of anilines is 1. The van der Waals surface area contributed by atoms with Crippen LogP contribution in [0, 0.1) is 0 Å². The number of benzene rings is 2. The Balaban J connectivity index is 1.59. The zero-order valence-electron chi connectivity index (χ0n) is 19.7. The number of ether oxygens (including phenoxy) is 1. The van der Waals surface area contributed by atoms with Crippen molar-refractivity contribution in [1.82, 2.24) is 25.5 Å². The van der Waals surface area contributed by atoms with E-state index in [-0.39, 0.29) is 29.4 Å². The van der Waals surface area contributed by atoms with Crippen LogP contribution in [-0.2, 0) is 11.3 Å². The van der Waals surface area contributed by atoms with Gasteiger partial charge in [0.1, 0.15) is 12.1 Å². The van der Waals surface area contributed by atoms with Gasteiger partial charge in [0, 0.05) is 16.5 Å². The van der Waals surface area contributed by atoms with Gasteiger partial charge in [0.25, 0.3) is 5.91 Å². The van der Waals surface area contributed by atoms with Crippen LogP contribution in [0.5, 0.6) is 5.75 Å². The molecule has 0 saturated heterocycles. The van der Waals surface area contributed by atoms with Gasteiger partial charge >= 0.3 is 5.63 Å². The van der Waals surface area contributed by atoms with E-state index in [1.165, 1.54) is 18.0 Å². The zero-order chi connectivity index (χ0) is 25.2. The Kier molecular flexibility index (Phi) is 6.32.